The molecule has 0 aliphatic carbocycles. The van der Waals surface area contributed by atoms with Crippen LogP contribution >= 0.6 is 0 Å². The number of nitrogens with zero attached hydrogens (tertiary/aromatic N) is 4. The first-order valence-corrected chi connectivity index (χ1v) is 21.3. The molecule has 0 spiro atoms. The topological polar surface area (TPSA) is 35.6 Å². The molecule has 53 heavy (non-hydrogen) atoms. The van der Waals surface area contributed by atoms with Crippen LogP contribution < -0.4 is 10.5 Å². The van der Waals surface area contributed by atoms with Crippen LogP contribution in [0.25, 0.3) is 88.8 Å². The Kier molecular flexibility index (Phi) is 6.37. The van der Waals surface area contributed by atoms with Gasteiger partial charge in [0.2, 0.25) is 0 Å². The fourth-order valence-corrected chi connectivity index (χ4v) is 11.9. The maximum atomic E-state index is 5.57. The van der Waals surface area contributed by atoms with Crippen molar-refractivity contribution < 1.29 is 0 Å². The maximum Gasteiger partial charge on any atom is 0.161 e. The molecule has 11 rings (SSSR count). The molecule has 0 radical (unpaired) electrons. The zero-order chi connectivity index (χ0) is 35.3. The summed E-state index contributed by atoms with van der Waals surface area (Å²) in [6, 6.07) is 61.2. The van der Waals surface area contributed by atoms with Crippen LogP contribution in [0.2, 0.25) is 13.1 Å². The largest absolute Gasteiger partial charge is 0.309 e. The van der Waals surface area contributed by atoms with Gasteiger partial charge in [-0.1, -0.05) is 140 Å². The van der Waals surface area contributed by atoms with Gasteiger partial charge in [0.25, 0.3) is 0 Å². The maximum absolute atomic E-state index is 5.57. The number of hydrogen-bond donors (Lipinski definition) is 0. The number of hydrogen-bond acceptors (Lipinski definition) is 2. The van der Waals surface area contributed by atoms with Crippen molar-refractivity contribution in [2.45, 2.75) is 13.1 Å². The summed E-state index contributed by atoms with van der Waals surface area (Å²) < 4.78 is 4.87. The van der Waals surface area contributed by atoms with E-state index in [1.807, 2.05) is 0 Å². The van der Waals surface area contributed by atoms with Gasteiger partial charge in [-0.05, 0) is 53.2 Å². The number of para-hydroxylation sites is 4. The molecule has 0 amide bonds. The normalized spacial score (nSPS) is 13.2. The van der Waals surface area contributed by atoms with E-state index in [0.717, 1.165) is 45.1 Å². The zero-order valence-electron chi connectivity index (χ0n) is 29.5. The van der Waals surface area contributed by atoms with Crippen molar-refractivity contribution in [2.24, 2.45) is 0 Å². The van der Waals surface area contributed by atoms with E-state index in [9.17, 15) is 0 Å². The van der Waals surface area contributed by atoms with Crippen LogP contribution in [0.5, 0.6) is 0 Å². The van der Waals surface area contributed by atoms with E-state index >= 15 is 0 Å². The highest BCUT2D eigenvalue weighted by atomic mass is 28.3. The van der Waals surface area contributed by atoms with Crippen LogP contribution in [-0.2, 0) is 0 Å². The van der Waals surface area contributed by atoms with Crippen LogP contribution in [0.3, 0.4) is 0 Å². The zero-order valence-corrected chi connectivity index (χ0v) is 30.5. The van der Waals surface area contributed by atoms with E-state index < -0.39 is 8.07 Å². The van der Waals surface area contributed by atoms with Crippen LogP contribution in [0, 0.1) is 0 Å². The molecule has 5 heteroatoms. The van der Waals surface area contributed by atoms with Crippen molar-refractivity contribution in [3.63, 3.8) is 0 Å². The Hall–Kier alpha value is -6.56. The highest BCUT2D eigenvalue weighted by Crippen LogP contribution is 2.43. The molecule has 0 unspecified atom stereocenters. The molecule has 0 saturated heterocycles. The second kappa shape index (κ2) is 11.2. The first-order valence-electron chi connectivity index (χ1n) is 18.3. The van der Waals surface area contributed by atoms with Gasteiger partial charge < -0.3 is 9.13 Å². The number of benzene rings is 7. The summed E-state index contributed by atoms with van der Waals surface area (Å²) in [6.07, 6.45) is 0. The summed E-state index contributed by atoms with van der Waals surface area (Å²) in [5, 5.41) is 7.57. The molecule has 0 atom stereocenters. The minimum Gasteiger partial charge on any atom is -0.309 e. The van der Waals surface area contributed by atoms with Crippen LogP contribution in [0.4, 0.5) is 0 Å². The highest BCUT2D eigenvalue weighted by Gasteiger charge is 2.41. The molecule has 0 N–H and O–H groups in total. The third kappa shape index (κ3) is 4.23. The third-order valence-corrected chi connectivity index (χ3v) is 14.6. The first kappa shape index (κ1) is 30.1. The van der Waals surface area contributed by atoms with Gasteiger partial charge in [0, 0.05) is 49.2 Å². The van der Waals surface area contributed by atoms with Gasteiger partial charge in [0.1, 0.15) is 8.07 Å². The third-order valence-electron chi connectivity index (χ3n) is 11.3. The van der Waals surface area contributed by atoms with Crippen LogP contribution in [0.15, 0.2) is 170 Å². The Morgan fingerprint density at radius 3 is 1.89 bits per heavy atom. The summed E-state index contributed by atoms with van der Waals surface area (Å²) in [7, 11) is -2.13. The van der Waals surface area contributed by atoms with Crippen molar-refractivity contribution in [3.05, 3.63) is 170 Å². The minimum absolute atomic E-state index is 0.761. The van der Waals surface area contributed by atoms with Crippen LogP contribution in [0.1, 0.15) is 0 Å². The fraction of sp³-hybridized carbons (Fsp3) is 0.0417. The van der Waals surface area contributed by atoms with Crippen molar-refractivity contribution in [1.82, 2.24) is 19.1 Å². The van der Waals surface area contributed by atoms with Gasteiger partial charge >= 0.3 is 0 Å². The predicted molar refractivity (Wildman–Crippen MR) is 224 cm³/mol. The standard InChI is InChI=1S/C48H34N4Si/c1-53(2)42-28-16-12-24-37(42)44-45(31-17-5-3-6-18-31)49-47(50-48(44)53)36-23-11-15-27-40(36)52-39-26-14-10-22-35(39)43-41(52)30-29-34-33-21-9-13-25-38(33)51(46(34)43)32-19-7-4-8-20-32/h3-30H,1-2H3. The lowest BCUT2D eigenvalue weighted by Gasteiger charge is -2.20. The van der Waals surface area contributed by atoms with Crippen molar-refractivity contribution >= 4 is 62.2 Å². The summed E-state index contributed by atoms with van der Waals surface area (Å²) in [5.74, 6) is 0.761. The van der Waals surface area contributed by atoms with E-state index in [2.05, 4.69) is 192 Å². The minimum atomic E-state index is -2.13. The molecular formula is C48H34N4Si. The Bertz CT molecular complexity index is 3080. The van der Waals surface area contributed by atoms with E-state index in [1.54, 1.807) is 0 Å². The smallest absolute Gasteiger partial charge is 0.161 e. The molecule has 1 aliphatic heterocycles. The number of rotatable bonds is 4. The lowest BCUT2D eigenvalue weighted by molar-refractivity contribution is 1.15. The fourth-order valence-electron chi connectivity index (χ4n) is 8.94. The van der Waals surface area contributed by atoms with Crippen molar-refractivity contribution in [3.8, 4) is 45.1 Å². The second-order valence-corrected chi connectivity index (χ2v) is 18.8. The summed E-state index contributed by atoms with van der Waals surface area (Å²) in [4.78, 5) is 11.1. The molecule has 0 saturated carbocycles. The van der Waals surface area contributed by atoms with Gasteiger partial charge in [0.05, 0.1) is 33.4 Å². The van der Waals surface area contributed by atoms with E-state index in [0.29, 0.717) is 0 Å². The Morgan fingerprint density at radius 2 is 1.09 bits per heavy atom. The van der Waals surface area contributed by atoms with E-state index in [1.165, 1.54) is 54.2 Å². The summed E-state index contributed by atoms with van der Waals surface area (Å²) in [6.45, 7) is 4.86. The lowest BCUT2D eigenvalue weighted by atomic mass is 10.0. The number of aromatic nitrogens is 4. The van der Waals surface area contributed by atoms with E-state index in [-0.39, 0.29) is 0 Å². The Morgan fingerprint density at radius 1 is 0.472 bits per heavy atom. The SMILES string of the molecule is C[Si]1(C)c2ccccc2-c2c(-c3ccccc3)nc(-c3ccccc3-n3c4ccccc4c4c3ccc3c5ccccc5n(-c5ccccc5)c34)nc21. The van der Waals surface area contributed by atoms with Gasteiger partial charge in [-0.25, -0.2) is 9.97 Å². The van der Waals surface area contributed by atoms with E-state index in [4.69, 9.17) is 9.97 Å². The molecular weight excluding hydrogens is 661 g/mol. The average molecular weight is 695 g/mol. The summed E-state index contributed by atoms with van der Waals surface area (Å²) >= 11 is 0. The first-order chi connectivity index (χ1) is 26.1. The monoisotopic (exact) mass is 694 g/mol. The molecule has 250 valence electrons. The molecule has 10 aromatic rings. The van der Waals surface area contributed by atoms with Gasteiger partial charge in [-0.15, -0.1) is 0 Å². The quantitative estimate of drug-likeness (QED) is 0.172. The Balaban J connectivity index is 1.24. The molecule has 7 aromatic carbocycles. The number of fused-ring (bicyclic) bond motifs is 10. The summed E-state index contributed by atoms with van der Waals surface area (Å²) in [5.41, 5.74) is 12.5. The van der Waals surface area contributed by atoms with Crippen molar-refractivity contribution in [1.29, 1.82) is 0 Å². The van der Waals surface area contributed by atoms with Gasteiger partial charge in [0.15, 0.2) is 5.82 Å². The molecule has 4 nitrogen and oxygen atoms in total. The predicted octanol–water partition coefficient (Wildman–Crippen LogP) is 10.8. The van der Waals surface area contributed by atoms with Crippen molar-refractivity contribution in [2.75, 3.05) is 0 Å². The molecule has 4 heterocycles. The highest BCUT2D eigenvalue weighted by molar-refractivity contribution is 7.03. The Labute approximate surface area is 308 Å². The molecule has 0 bridgehead atoms. The van der Waals surface area contributed by atoms with Gasteiger partial charge in [-0.2, -0.15) is 0 Å². The lowest BCUT2D eigenvalue weighted by Crippen LogP contribution is -2.50. The van der Waals surface area contributed by atoms with Crippen LogP contribution in [-0.4, -0.2) is 27.2 Å². The molecule has 3 aromatic heterocycles. The average Bonchev–Trinajstić information content (AvgIpc) is 3.81. The molecule has 1 aliphatic rings. The van der Waals surface area contributed by atoms with Gasteiger partial charge in [-0.3, -0.25) is 0 Å². The molecule has 0 fully saturated rings. The second-order valence-electron chi connectivity index (χ2n) is 14.6.